The van der Waals surface area contributed by atoms with Crippen LogP contribution in [0, 0.1) is 0 Å². The van der Waals surface area contributed by atoms with E-state index in [9.17, 15) is 8.42 Å². The fraction of sp³-hybridized carbons (Fsp3) is 0.125. The molecule has 0 spiro atoms. The lowest BCUT2D eigenvalue weighted by molar-refractivity contribution is 0.597. The van der Waals surface area contributed by atoms with Crippen LogP contribution in [0.15, 0.2) is 64.6 Å². The highest BCUT2D eigenvalue weighted by Gasteiger charge is 2.16. The molecule has 1 aromatic heterocycles. The highest BCUT2D eigenvalue weighted by molar-refractivity contribution is 8.00. The van der Waals surface area contributed by atoms with Crippen LogP contribution < -0.4 is 5.84 Å². The van der Waals surface area contributed by atoms with E-state index in [1.54, 1.807) is 54.6 Å². The van der Waals surface area contributed by atoms with Gasteiger partial charge in [0.2, 0.25) is 5.16 Å². The number of hydrogen-bond acceptors (Lipinski definition) is 6. The van der Waals surface area contributed by atoms with Crippen molar-refractivity contribution in [1.82, 2.24) is 14.9 Å². The maximum Gasteiger partial charge on any atom is 0.210 e. The van der Waals surface area contributed by atoms with Crippen LogP contribution in [-0.4, -0.2) is 34.8 Å². The van der Waals surface area contributed by atoms with E-state index in [0.717, 1.165) is 5.56 Å². The summed E-state index contributed by atoms with van der Waals surface area (Å²) in [5.74, 6) is 6.83. The summed E-state index contributed by atoms with van der Waals surface area (Å²) in [7, 11) is -3.33. The number of sulfone groups is 1. The van der Waals surface area contributed by atoms with E-state index in [2.05, 4.69) is 10.2 Å². The number of thioether (sulfide) groups is 1. The number of nitrogens with two attached hydrogens (primary N) is 1. The monoisotopic (exact) mass is 394 g/mol. The van der Waals surface area contributed by atoms with Crippen LogP contribution in [0.25, 0.3) is 11.4 Å². The molecule has 2 N–H and O–H groups in total. The number of aromatic nitrogens is 3. The van der Waals surface area contributed by atoms with Crippen LogP contribution in [0.4, 0.5) is 0 Å². The van der Waals surface area contributed by atoms with E-state index in [0.29, 0.717) is 26.7 Å². The molecular weight excluding hydrogens is 380 g/mol. The van der Waals surface area contributed by atoms with Crippen LogP contribution in [-0.2, 0) is 9.84 Å². The lowest BCUT2D eigenvalue weighted by Crippen LogP contribution is -2.13. The summed E-state index contributed by atoms with van der Waals surface area (Å²) in [6.45, 7) is 0. The van der Waals surface area contributed by atoms with Gasteiger partial charge in [-0.15, -0.1) is 10.2 Å². The van der Waals surface area contributed by atoms with Crippen molar-refractivity contribution in [1.29, 1.82) is 0 Å². The predicted octanol–water partition coefficient (Wildman–Crippen LogP) is 2.88. The summed E-state index contributed by atoms with van der Waals surface area (Å²) in [5.41, 5.74) is 0.781. The molecule has 0 saturated heterocycles. The highest BCUT2D eigenvalue weighted by atomic mass is 35.5. The van der Waals surface area contributed by atoms with E-state index >= 15 is 0 Å². The summed E-state index contributed by atoms with van der Waals surface area (Å²) in [4.78, 5) is 0.312. The van der Waals surface area contributed by atoms with Gasteiger partial charge in [0.1, 0.15) is 0 Å². The molecule has 0 aliphatic rings. The number of halogens is 1. The Morgan fingerprint density at radius 3 is 2.40 bits per heavy atom. The lowest BCUT2D eigenvalue weighted by Gasteiger charge is -2.05. The second-order valence-corrected chi connectivity index (χ2v) is 8.77. The van der Waals surface area contributed by atoms with Gasteiger partial charge >= 0.3 is 0 Å². The van der Waals surface area contributed by atoms with Crippen LogP contribution >= 0.6 is 23.4 Å². The Hall–Kier alpha value is -2.03. The Labute approximate surface area is 154 Å². The average molecular weight is 395 g/mol. The number of hydrogen-bond donors (Lipinski definition) is 1. The summed E-state index contributed by atoms with van der Waals surface area (Å²) in [5, 5.41) is 9.16. The molecule has 130 valence electrons. The third-order valence-corrected chi connectivity index (χ3v) is 6.64. The van der Waals surface area contributed by atoms with Gasteiger partial charge in [0.25, 0.3) is 0 Å². The molecule has 25 heavy (non-hydrogen) atoms. The zero-order chi connectivity index (χ0) is 17.9. The first-order valence-corrected chi connectivity index (χ1v) is 10.4. The molecule has 0 bridgehead atoms. The van der Waals surface area contributed by atoms with Gasteiger partial charge in [0.15, 0.2) is 15.7 Å². The molecule has 0 unspecified atom stereocenters. The molecule has 0 radical (unpaired) electrons. The van der Waals surface area contributed by atoms with Gasteiger partial charge in [-0.3, -0.25) is 0 Å². The van der Waals surface area contributed by atoms with E-state index < -0.39 is 9.84 Å². The van der Waals surface area contributed by atoms with Gasteiger partial charge < -0.3 is 5.84 Å². The lowest BCUT2D eigenvalue weighted by atomic mass is 10.2. The zero-order valence-corrected chi connectivity index (χ0v) is 15.4. The first-order chi connectivity index (χ1) is 12.0. The second kappa shape index (κ2) is 7.47. The zero-order valence-electron chi connectivity index (χ0n) is 13.0. The van der Waals surface area contributed by atoms with Crippen LogP contribution in [0.3, 0.4) is 0 Å². The summed E-state index contributed by atoms with van der Waals surface area (Å²) < 4.78 is 25.9. The first kappa shape index (κ1) is 17.8. The molecular formula is C16H15ClN4O2S2. The Kier molecular flexibility index (Phi) is 5.31. The smallest absolute Gasteiger partial charge is 0.210 e. The molecule has 0 fully saturated rings. The molecule has 0 amide bonds. The van der Waals surface area contributed by atoms with Gasteiger partial charge in [-0.1, -0.05) is 41.6 Å². The van der Waals surface area contributed by atoms with Crippen molar-refractivity contribution >= 4 is 33.2 Å². The van der Waals surface area contributed by atoms with Gasteiger partial charge in [-0.2, -0.15) is 0 Å². The van der Waals surface area contributed by atoms with Gasteiger partial charge in [0.05, 0.1) is 10.6 Å². The molecule has 0 aliphatic heterocycles. The van der Waals surface area contributed by atoms with Crippen molar-refractivity contribution < 1.29 is 8.42 Å². The molecule has 0 atom stereocenters. The normalized spacial score (nSPS) is 11.6. The van der Waals surface area contributed by atoms with Crippen molar-refractivity contribution in [2.24, 2.45) is 0 Å². The number of rotatable bonds is 6. The molecule has 3 rings (SSSR count). The van der Waals surface area contributed by atoms with E-state index in [1.807, 2.05) is 0 Å². The van der Waals surface area contributed by atoms with E-state index in [4.69, 9.17) is 17.4 Å². The molecule has 9 heteroatoms. The third kappa shape index (κ3) is 4.15. The van der Waals surface area contributed by atoms with Crippen molar-refractivity contribution in [3.05, 3.63) is 59.6 Å². The minimum Gasteiger partial charge on any atom is -0.335 e. The van der Waals surface area contributed by atoms with Crippen molar-refractivity contribution in [2.75, 3.05) is 17.3 Å². The highest BCUT2D eigenvalue weighted by Crippen LogP contribution is 2.23. The SMILES string of the molecule is Nn1c(SCCS(=O)(=O)c2ccccc2)nnc1-c1ccc(Cl)cc1. The van der Waals surface area contributed by atoms with E-state index in [1.165, 1.54) is 16.4 Å². The van der Waals surface area contributed by atoms with Gasteiger partial charge in [-0.05, 0) is 36.4 Å². The summed E-state index contributed by atoms with van der Waals surface area (Å²) >= 11 is 7.12. The Bertz CT molecular complexity index is 958. The largest absolute Gasteiger partial charge is 0.335 e. The molecule has 6 nitrogen and oxygen atoms in total. The Morgan fingerprint density at radius 1 is 1.04 bits per heavy atom. The Morgan fingerprint density at radius 2 is 1.72 bits per heavy atom. The fourth-order valence-electron chi connectivity index (χ4n) is 2.16. The molecule has 3 aromatic rings. The average Bonchev–Trinajstić information content (AvgIpc) is 2.97. The third-order valence-electron chi connectivity index (χ3n) is 3.45. The summed E-state index contributed by atoms with van der Waals surface area (Å²) in [6, 6.07) is 15.4. The van der Waals surface area contributed by atoms with Crippen molar-refractivity contribution in [3.8, 4) is 11.4 Å². The van der Waals surface area contributed by atoms with Crippen LogP contribution in [0.5, 0.6) is 0 Å². The Balaban J connectivity index is 1.68. The van der Waals surface area contributed by atoms with Crippen molar-refractivity contribution in [2.45, 2.75) is 10.1 Å². The summed E-state index contributed by atoms with van der Waals surface area (Å²) in [6.07, 6.45) is 0. The quantitative estimate of drug-likeness (QED) is 0.510. The number of nitrogens with zero attached hydrogens (tertiary/aromatic N) is 3. The van der Waals surface area contributed by atoms with Gasteiger partial charge in [0, 0.05) is 16.3 Å². The number of nitrogen functional groups attached to an aromatic ring is 1. The maximum atomic E-state index is 12.3. The first-order valence-electron chi connectivity index (χ1n) is 7.34. The minimum atomic E-state index is -3.33. The number of benzene rings is 2. The van der Waals surface area contributed by atoms with Gasteiger partial charge in [-0.25, -0.2) is 13.1 Å². The van der Waals surface area contributed by atoms with Crippen LogP contribution in [0.1, 0.15) is 0 Å². The molecule has 0 aliphatic carbocycles. The topological polar surface area (TPSA) is 90.9 Å². The van der Waals surface area contributed by atoms with E-state index in [-0.39, 0.29) is 5.75 Å². The van der Waals surface area contributed by atoms with Crippen LogP contribution in [0.2, 0.25) is 5.02 Å². The second-order valence-electron chi connectivity index (χ2n) is 5.16. The minimum absolute atomic E-state index is 0.00911. The molecule has 1 heterocycles. The molecule has 0 saturated carbocycles. The molecule has 2 aromatic carbocycles. The van der Waals surface area contributed by atoms with Crippen molar-refractivity contribution in [3.63, 3.8) is 0 Å². The fourth-order valence-corrected chi connectivity index (χ4v) is 4.81. The maximum absolute atomic E-state index is 12.3. The predicted molar refractivity (Wildman–Crippen MR) is 99.8 cm³/mol. The standard InChI is InChI=1S/C16H15ClN4O2S2/c17-13-8-6-12(7-9-13)15-19-20-16(21(15)18)24-10-11-25(22,23)14-4-2-1-3-5-14/h1-9H,10-11,18H2.